The Morgan fingerprint density at radius 1 is 0.158 bits per heavy atom. The van der Waals surface area contributed by atoms with Crippen molar-refractivity contribution in [1.82, 2.24) is 0 Å². The van der Waals surface area contributed by atoms with Gasteiger partial charge in [-0.2, -0.15) is 0 Å². The summed E-state index contributed by atoms with van der Waals surface area (Å²) in [6, 6.07) is 174. The number of thiophene rings is 5. The van der Waals surface area contributed by atoms with Gasteiger partial charge in [0.25, 0.3) is 0 Å². The van der Waals surface area contributed by atoms with Crippen molar-refractivity contribution in [3.05, 3.63) is 522 Å². The van der Waals surface area contributed by atoms with Crippen molar-refractivity contribution >= 4 is 303 Å². The van der Waals surface area contributed by atoms with Crippen LogP contribution in [-0.4, -0.2) is 0 Å². The van der Waals surface area contributed by atoms with Gasteiger partial charge >= 0.3 is 0 Å². The zero-order chi connectivity index (χ0) is 101. The molecular weight excluding hydrogens is 1870 g/mol. The lowest BCUT2D eigenvalue weighted by Gasteiger charge is -2.27. The maximum absolute atomic E-state index is 8.98. The van der Waals surface area contributed by atoms with Gasteiger partial charge in [0.2, 0.25) is 0 Å². The minimum Gasteiger partial charge on any atom is -0.454 e. The van der Waals surface area contributed by atoms with Gasteiger partial charge in [0, 0.05) is 208 Å². The van der Waals surface area contributed by atoms with E-state index in [1.54, 1.807) is 27.6 Å². The standard InChI is InChI=1S/C68H43N3OS2.C66H43N3S3/c1-3-19-47(20-4-1)69(48-21-5-2-6-22-48)50-33-37-64-59(40-50)56-35-31-52(42-66(56)73-64)70(61-26-13-18-45-16-9-10-23-54(45)61)53-32-36-57-60-41-51(34-38-65(60)74-67(57)43-53)71(49-30-29-44-15-7-8-17-46(44)39-49)62-27-14-25-58-55-24-11-12-28-63(55)72-68(58)62;1-5-15-44(16-6-1)45-25-27-49(28-26-45)69(54-29-34-56-55-23-13-14-24-61(55)70-64(56)41-54)51-33-38-63-60(40-51)58-36-31-53(43-66(58)72-63)68(48-21-11-4-12-22-48)52-30-35-57-59-39-50(32-37-62(59)71-65(57)42-52)67(46-17-7-2-8-18-46)47-19-9-3-10-20-47/h1-43H;1-43H/i1D,3D,4D,19D,20D;. The average molecular weight is 1960 g/mol. The van der Waals surface area contributed by atoms with Gasteiger partial charge in [0.05, 0.1) is 18.2 Å². The highest BCUT2D eigenvalue weighted by Gasteiger charge is 2.28. The molecule has 0 spiro atoms. The van der Waals surface area contributed by atoms with E-state index in [1.807, 2.05) is 82.5 Å². The summed E-state index contributed by atoms with van der Waals surface area (Å²) in [5.74, 6) is 0. The zero-order valence-electron chi connectivity index (χ0n) is 83.4. The van der Waals surface area contributed by atoms with Gasteiger partial charge in [0.15, 0.2) is 5.58 Å². The number of anilines is 18. The van der Waals surface area contributed by atoms with Crippen molar-refractivity contribution in [3.63, 3.8) is 0 Å². The van der Waals surface area contributed by atoms with E-state index in [0.29, 0.717) is 11.4 Å². The normalized spacial score (nSPS) is 12.2. The fraction of sp³-hybridized carbons (Fsp3) is 0. The molecule has 0 radical (unpaired) electrons. The highest BCUT2D eigenvalue weighted by molar-refractivity contribution is 7.27. The Labute approximate surface area is 869 Å². The predicted molar refractivity (Wildman–Crippen MR) is 633 cm³/mol. The van der Waals surface area contributed by atoms with Crippen LogP contribution in [0.4, 0.5) is 102 Å². The van der Waals surface area contributed by atoms with Crippen LogP contribution in [0.5, 0.6) is 0 Å². The monoisotopic (exact) mass is 1960 g/mol. The van der Waals surface area contributed by atoms with Gasteiger partial charge < -0.3 is 33.8 Å². The Hall–Kier alpha value is -17.7. The van der Waals surface area contributed by atoms with Crippen LogP contribution in [0.2, 0.25) is 0 Å². The number of nitrogens with zero attached hydrogens (tertiary/aromatic N) is 6. The molecule has 7 nitrogen and oxygen atoms in total. The second-order valence-corrected chi connectivity index (χ2v) is 42.1. The molecule has 0 unspecified atom stereocenters. The summed E-state index contributed by atoms with van der Waals surface area (Å²) in [4.78, 5) is 13.6. The van der Waals surface area contributed by atoms with Crippen molar-refractivity contribution in [3.8, 4) is 11.1 Å². The molecule has 688 valence electrons. The molecular formula is C134H86N6OS5. The van der Waals surface area contributed by atoms with E-state index >= 15 is 0 Å². The molecule has 0 saturated carbocycles. The first-order valence-electron chi connectivity index (χ1n) is 51.3. The molecule has 23 aromatic carbocycles. The minimum atomic E-state index is -0.424. The van der Waals surface area contributed by atoms with Crippen LogP contribution in [0.3, 0.4) is 0 Å². The molecule has 6 aromatic heterocycles. The molecule has 146 heavy (non-hydrogen) atoms. The van der Waals surface area contributed by atoms with E-state index in [4.69, 9.17) is 11.3 Å². The second-order valence-electron chi connectivity index (χ2n) is 36.7. The van der Waals surface area contributed by atoms with E-state index in [9.17, 15) is 0 Å². The first kappa shape index (κ1) is 80.9. The number of benzene rings is 23. The van der Waals surface area contributed by atoms with Crippen LogP contribution >= 0.6 is 56.7 Å². The molecule has 29 aromatic rings. The topological polar surface area (TPSA) is 32.6 Å². The lowest BCUT2D eigenvalue weighted by Crippen LogP contribution is -2.10. The Morgan fingerprint density at radius 2 is 0.452 bits per heavy atom. The van der Waals surface area contributed by atoms with Crippen molar-refractivity contribution in [2.45, 2.75) is 0 Å². The SMILES string of the molecule is [2H]c1c([2H])c([2H])c(N(c2ccccc2)c2ccc3sc4cc(N(c5ccc6c(c5)sc5ccc(N(c7ccc8ccccc8c7)c7cccc8c7oc7ccccc78)cc56)c5cccc6ccccc56)ccc4c3c2)c([2H])c1[2H].c1ccc(-c2ccc(N(c3ccc4c(c3)sc3ccccc34)c3ccc4sc5cc(N(c6ccccc6)c6ccc7c(c6)sc6ccc(N(c8ccccc8)c8ccccc8)cc67)ccc5c4c3)cc2)cc1. The molecule has 0 bridgehead atoms. The van der Waals surface area contributed by atoms with Crippen molar-refractivity contribution in [2.24, 2.45) is 0 Å². The third-order valence-electron chi connectivity index (χ3n) is 28.1. The first-order valence-corrected chi connectivity index (χ1v) is 52.9. The number of rotatable bonds is 19. The minimum absolute atomic E-state index is 0.0972. The Morgan fingerprint density at radius 3 is 0.938 bits per heavy atom. The van der Waals surface area contributed by atoms with E-state index < -0.39 is 6.04 Å². The molecule has 0 amide bonds. The molecule has 0 aliphatic carbocycles. The van der Waals surface area contributed by atoms with E-state index in [1.165, 1.54) is 97.2 Å². The van der Waals surface area contributed by atoms with Crippen molar-refractivity contribution < 1.29 is 11.3 Å². The quantitative estimate of drug-likeness (QED) is 0.0798. The van der Waals surface area contributed by atoms with Crippen LogP contribution in [0.1, 0.15) is 6.85 Å². The van der Waals surface area contributed by atoms with Gasteiger partial charge in [-0.25, -0.2) is 0 Å². The van der Waals surface area contributed by atoms with E-state index in [2.05, 4.69) is 467 Å². The number of furan rings is 1. The summed E-state index contributed by atoms with van der Waals surface area (Å²) in [7, 11) is 0. The molecule has 0 N–H and O–H groups in total. The molecule has 0 saturated heterocycles. The number of hydrogen-bond donors (Lipinski definition) is 0. The highest BCUT2D eigenvalue weighted by atomic mass is 32.1. The number of fused-ring (bicyclic) bond motifs is 20. The summed E-state index contributed by atoms with van der Waals surface area (Å²) in [6.45, 7) is 0. The Kier molecular flexibility index (Phi) is 20.1. The molecule has 29 rings (SSSR count). The highest BCUT2D eigenvalue weighted by Crippen LogP contribution is 2.54. The van der Waals surface area contributed by atoms with Gasteiger partial charge in [-0.15, -0.1) is 56.7 Å². The summed E-state index contributed by atoms with van der Waals surface area (Å²) in [5, 5.41) is 18.8. The largest absolute Gasteiger partial charge is 0.454 e. The molecule has 0 aliphatic heterocycles. The third kappa shape index (κ3) is 15.4. The summed E-state index contributed by atoms with van der Waals surface area (Å²) < 4.78 is 62.2. The molecule has 0 aliphatic rings. The lowest BCUT2D eigenvalue weighted by atomic mass is 10.0. The zero-order valence-corrected chi connectivity index (χ0v) is 82.5. The fourth-order valence-electron chi connectivity index (χ4n) is 21.3. The van der Waals surface area contributed by atoms with Crippen LogP contribution in [-0.2, 0) is 0 Å². The van der Waals surface area contributed by atoms with Crippen LogP contribution in [0.25, 0.3) is 155 Å². The second kappa shape index (κ2) is 36.4. The Balaban J connectivity index is 0.000000145. The van der Waals surface area contributed by atoms with Gasteiger partial charge in [-0.1, -0.05) is 279 Å². The smallest absolute Gasteiger partial charge is 0.159 e. The number of hydrogen-bond acceptors (Lipinski definition) is 12. The fourth-order valence-corrected chi connectivity index (χ4v) is 26.9. The summed E-state index contributed by atoms with van der Waals surface area (Å²) in [5.41, 5.74) is 21.9. The molecule has 0 atom stereocenters. The van der Waals surface area contributed by atoms with Gasteiger partial charge in [-0.3, -0.25) is 0 Å². The average Bonchev–Trinajstić information content (AvgIpc) is 1.54. The van der Waals surface area contributed by atoms with Crippen LogP contribution in [0.15, 0.2) is 526 Å². The van der Waals surface area contributed by atoms with Gasteiger partial charge in [-0.05, 0) is 270 Å². The molecule has 12 heteroatoms. The maximum Gasteiger partial charge on any atom is 0.159 e. The van der Waals surface area contributed by atoms with Crippen molar-refractivity contribution in [2.75, 3.05) is 29.4 Å². The predicted octanol–water partition coefficient (Wildman–Crippen LogP) is 41.9. The molecule has 6 heterocycles. The Bertz CT molecular complexity index is 10400. The van der Waals surface area contributed by atoms with E-state index in [-0.39, 0.29) is 29.9 Å². The molecule has 0 fully saturated rings. The van der Waals surface area contributed by atoms with Crippen LogP contribution in [0, 0.1) is 0 Å². The summed E-state index contributed by atoms with van der Waals surface area (Å²) in [6.07, 6.45) is 0. The maximum atomic E-state index is 8.98. The lowest BCUT2D eigenvalue weighted by molar-refractivity contribution is 0.669. The van der Waals surface area contributed by atoms with Crippen molar-refractivity contribution in [1.29, 1.82) is 0 Å². The number of para-hydroxylation sites is 7. The summed E-state index contributed by atoms with van der Waals surface area (Å²) >= 11 is 9.08. The van der Waals surface area contributed by atoms with Crippen LogP contribution < -0.4 is 29.4 Å². The van der Waals surface area contributed by atoms with Gasteiger partial charge in [0.1, 0.15) is 5.58 Å². The first-order chi connectivity index (χ1) is 74.4. The third-order valence-corrected chi connectivity index (χ3v) is 33.7. The van der Waals surface area contributed by atoms with E-state index in [0.717, 1.165) is 144 Å².